The Bertz CT molecular complexity index is 579. The van der Waals surface area contributed by atoms with Crippen LogP contribution in [0.4, 0.5) is 4.39 Å². The van der Waals surface area contributed by atoms with Crippen LogP contribution < -0.4 is 5.43 Å². The standard InChI is InChI=1S/C13H15FN4S/c1-8(2)12-15-16-13-18(12)17-11(7-19-13)9-3-5-10(14)6-4-9/h3-6,8,11,17H,7H2,1-2H3. The molecule has 1 atom stereocenters. The van der Waals surface area contributed by atoms with E-state index < -0.39 is 0 Å². The number of hydrogen-bond donors (Lipinski definition) is 1. The molecule has 1 N–H and O–H groups in total. The third-order valence-corrected chi connectivity index (χ3v) is 4.13. The fourth-order valence-electron chi connectivity index (χ4n) is 2.09. The van der Waals surface area contributed by atoms with E-state index in [1.54, 1.807) is 11.8 Å². The van der Waals surface area contributed by atoms with Gasteiger partial charge in [0.15, 0.2) is 5.82 Å². The van der Waals surface area contributed by atoms with Crippen molar-refractivity contribution in [2.24, 2.45) is 0 Å². The fraction of sp³-hybridized carbons (Fsp3) is 0.385. The van der Waals surface area contributed by atoms with Crippen molar-refractivity contribution in [1.29, 1.82) is 0 Å². The minimum Gasteiger partial charge on any atom is -0.314 e. The molecule has 1 unspecified atom stereocenters. The zero-order valence-electron chi connectivity index (χ0n) is 10.8. The molecule has 0 fully saturated rings. The van der Waals surface area contributed by atoms with Crippen LogP contribution in [0.15, 0.2) is 29.4 Å². The maximum atomic E-state index is 13.0. The van der Waals surface area contributed by atoms with Crippen molar-refractivity contribution in [3.8, 4) is 0 Å². The Kier molecular flexibility index (Phi) is 3.18. The fourth-order valence-corrected chi connectivity index (χ4v) is 3.04. The molecular formula is C13H15FN4S. The second kappa shape index (κ2) is 4.85. The molecular weight excluding hydrogens is 263 g/mol. The van der Waals surface area contributed by atoms with Crippen molar-refractivity contribution in [2.75, 3.05) is 11.2 Å². The first-order valence-corrected chi connectivity index (χ1v) is 7.24. The molecule has 1 aromatic carbocycles. The largest absolute Gasteiger partial charge is 0.314 e. The number of rotatable bonds is 2. The number of hydrogen-bond acceptors (Lipinski definition) is 4. The summed E-state index contributed by atoms with van der Waals surface area (Å²) in [5, 5.41) is 9.27. The summed E-state index contributed by atoms with van der Waals surface area (Å²) in [5.74, 6) is 1.89. The first-order chi connectivity index (χ1) is 9.15. The number of thioether (sulfide) groups is 1. The lowest BCUT2D eigenvalue weighted by molar-refractivity contribution is 0.606. The van der Waals surface area contributed by atoms with E-state index in [-0.39, 0.29) is 11.9 Å². The monoisotopic (exact) mass is 278 g/mol. The Hall–Kier alpha value is -1.56. The average Bonchev–Trinajstić information content (AvgIpc) is 2.82. The van der Waals surface area contributed by atoms with Crippen molar-refractivity contribution in [2.45, 2.75) is 31.0 Å². The smallest absolute Gasteiger partial charge is 0.210 e. The summed E-state index contributed by atoms with van der Waals surface area (Å²) < 4.78 is 14.9. The highest BCUT2D eigenvalue weighted by Crippen LogP contribution is 2.31. The van der Waals surface area contributed by atoms with Gasteiger partial charge < -0.3 is 5.43 Å². The Morgan fingerprint density at radius 1 is 1.32 bits per heavy atom. The van der Waals surface area contributed by atoms with Crippen LogP contribution in [0.3, 0.4) is 0 Å². The molecule has 0 amide bonds. The van der Waals surface area contributed by atoms with Gasteiger partial charge in [0.1, 0.15) is 5.82 Å². The van der Waals surface area contributed by atoms with E-state index in [1.165, 1.54) is 12.1 Å². The van der Waals surface area contributed by atoms with Crippen LogP contribution in [-0.2, 0) is 0 Å². The number of nitrogens with one attached hydrogen (secondary N) is 1. The van der Waals surface area contributed by atoms with Crippen LogP contribution in [0.1, 0.15) is 37.2 Å². The van der Waals surface area contributed by atoms with E-state index in [0.717, 1.165) is 22.3 Å². The van der Waals surface area contributed by atoms with Crippen LogP contribution in [0.5, 0.6) is 0 Å². The maximum absolute atomic E-state index is 13.0. The summed E-state index contributed by atoms with van der Waals surface area (Å²) in [6.07, 6.45) is 0. The summed E-state index contributed by atoms with van der Waals surface area (Å²) >= 11 is 1.67. The number of aromatic nitrogens is 3. The molecule has 2 heterocycles. The third-order valence-electron chi connectivity index (χ3n) is 3.11. The molecule has 19 heavy (non-hydrogen) atoms. The predicted octanol–water partition coefficient (Wildman–Crippen LogP) is 2.93. The summed E-state index contributed by atoms with van der Waals surface area (Å²) in [4.78, 5) is 0. The molecule has 0 aliphatic carbocycles. The van der Waals surface area contributed by atoms with Crippen molar-refractivity contribution >= 4 is 11.8 Å². The van der Waals surface area contributed by atoms with Gasteiger partial charge in [-0.05, 0) is 17.7 Å². The average molecular weight is 278 g/mol. The number of benzene rings is 1. The number of fused-ring (bicyclic) bond motifs is 1. The molecule has 3 rings (SSSR count). The van der Waals surface area contributed by atoms with E-state index in [0.29, 0.717) is 5.92 Å². The molecule has 1 aliphatic heterocycles. The molecule has 0 saturated carbocycles. The zero-order valence-corrected chi connectivity index (χ0v) is 11.6. The summed E-state index contributed by atoms with van der Waals surface area (Å²) in [6.45, 7) is 4.18. The second-order valence-corrected chi connectivity index (χ2v) is 5.86. The lowest BCUT2D eigenvalue weighted by atomic mass is 10.1. The van der Waals surface area contributed by atoms with Gasteiger partial charge >= 0.3 is 0 Å². The molecule has 0 bridgehead atoms. The molecule has 2 aromatic rings. The van der Waals surface area contributed by atoms with Crippen molar-refractivity contribution < 1.29 is 4.39 Å². The lowest BCUT2D eigenvalue weighted by Gasteiger charge is -2.27. The Morgan fingerprint density at radius 3 is 2.74 bits per heavy atom. The van der Waals surface area contributed by atoms with Crippen LogP contribution >= 0.6 is 11.8 Å². The molecule has 1 aliphatic rings. The minimum absolute atomic E-state index is 0.145. The van der Waals surface area contributed by atoms with Crippen molar-refractivity contribution in [3.05, 3.63) is 41.5 Å². The van der Waals surface area contributed by atoms with Gasteiger partial charge in [0.25, 0.3) is 0 Å². The van der Waals surface area contributed by atoms with Crippen LogP contribution in [0, 0.1) is 5.82 Å². The molecule has 4 nitrogen and oxygen atoms in total. The second-order valence-electron chi connectivity index (χ2n) is 4.88. The highest BCUT2D eigenvalue weighted by molar-refractivity contribution is 7.99. The highest BCUT2D eigenvalue weighted by atomic mass is 32.2. The summed E-state index contributed by atoms with van der Waals surface area (Å²) in [7, 11) is 0. The molecule has 1 aromatic heterocycles. The minimum atomic E-state index is -0.208. The van der Waals surface area contributed by atoms with Gasteiger partial charge in [-0.2, -0.15) is 0 Å². The first kappa shape index (κ1) is 12.5. The van der Waals surface area contributed by atoms with E-state index in [4.69, 9.17) is 0 Å². The van der Waals surface area contributed by atoms with Crippen LogP contribution in [0.2, 0.25) is 0 Å². The van der Waals surface area contributed by atoms with E-state index in [1.807, 2.05) is 16.8 Å². The zero-order chi connectivity index (χ0) is 13.4. The predicted molar refractivity (Wildman–Crippen MR) is 73.3 cm³/mol. The van der Waals surface area contributed by atoms with Crippen molar-refractivity contribution in [1.82, 2.24) is 14.9 Å². The van der Waals surface area contributed by atoms with Gasteiger partial charge in [-0.25, -0.2) is 9.07 Å². The molecule has 0 spiro atoms. The van der Waals surface area contributed by atoms with Gasteiger partial charge in [-0.3, -0.25) is 0 Å². The quantitative estimate of drug-likeness (QED) is 0.917. The first-order valence-electron chi connectivity index (χ1n) is 6.25. The maximum Gasteiger partial charge on any atom is 0.210 e. The number of halogens is 1. The summed E-state index contributed by atoms with van der Waals surface area (Å²) in [6, 6.07) is 6.77. The van der Waals surface area contributed by atoms with Gasteiger partial charge in [0.05, 0.1) is 6.04 Å². The number of nitrogens with zero attached hydrogens (tertiary/aromatic N) is 3. The van der Waals surface area contributed by atoms with Gasteiger partial charge in [0, 0.05) is 11.7 Å². The van der Waals surface area contributed by atoms with Crippen LogP contribution in [-0.4, -0.2) is 20.6 Å². The van der Waals surface area contributed by atoms with Gasteiger partial charge in [-0.15, -0.1) is 10.2 Å². The molecule has 0 radical (unpaired) electrons. The Labute approximate surface area is 115 Å². The topological polar surface area (TPSA) is 42.7 Å². The molecule has 0 saturated heterocycles. The summed E-state index contributed by atoms with van der Waals surface area (Å²) in [5.41, 5.74) is 4.48. The SMILES string of the molecule is CC(C)c1nnc2n1NC(c1ccc(F)cc1)CS2. The Balaban J connectivity index is 1.88. The lowest BCUT2D eigenvalue weighted by Crippen LogP contribution is -2.29. The highest BCUT2D eigenvalue weighted by Gasteiger charge is 2.24. The van der Waals surface area contributed by atoms with E-state index in [2.05, 4.69) is 29.5 Å². The molecule has 6 heteroatoms. The van der Waals surface area contributed by atoms with E-state index in [9.17, 15) is 4.39 Å². The van der Waals surface area contributed by atoms with E-state index >= 15 is 0 Å². The molecule has 100 valence electrons. The third kappa shape index (κ3) is 2.32. The van der Waals surface area contributed by atoms with Gasteiger partial charge in [-0.1, -0.05) is 37.7 Å². The van der Waals surface area contributed by atoms with Gasteiger partial charge in [0.2, 0.25) is 5.16 Å². The normalized spacial score (nSPS) is 18.2. The van der Waals surface area contributed by atoms with Crippen molar-refractivity contribution in [3.63, 3.8) is 0 Å². The Morgan fingerprint density at radius 2 is 2.05 bits per heavy atom. The van der Waals surface area contributed by atoms with Crippen LogP contribution in [0.25, 0.3) is 0 Å².